The first-order valence-electron chi connectivity index (χ1n) is 8.28. The average Bonchev–Trinajstić information content (AvgIpc) is 2.58. The van der Waals surface area contributed by atoms with Crippen LogP contribution in [-0.4, -0.2) is 46.8 Å². The lowest BCUT2D eigenvalue weighted by molar-refractivity contribution is -0.137. The number of benzene rings is 1. The van der Waals surface area contributed by atoms with E-state index in [1.165, 1.54) is 0 Å². The van der Waals surface area contributed by atoms with Gasteiger partial charge in [-0.15, -0.1) is 0 Å². The Balaban J connectivity index is 3.00. The van der Waals surface area contributed by atoms with Gasteiger partial charge in [0, 0.05) is 18.5 Å². The highest BCUT2D eigenvalue weighted by molar-refractivity contribution is 7.67. The largest absolute Gasteiger partial charge is 0.481 e. The lowest BCUT2D eigenvalue weighted by Crippen LogP contribution is -2.23. The summed E-state index contributed by atoms with van der Waals surface area (Å²) in [5.74, 6) is -1.01. The van der Waals surface area contributed by atoms with Crippen LogP contribution in [0.5, 0.6) is 0 Å². The molecule has 136 valence electrons. The van der Waals surface area contributed by atoms with Crippen LogP contribution in [0.25, 0.3) is 0 Å². The van der Waals surface area contributed by atoms with Gasteiger partial charge < -0.3 is 19.8 Å². The minimum atomic E-state index is -3.36. The minimum Gasteiger partial charge on any atom is -0.481 e. The molecule has 0 bridgehead atoms. The zero-order chi connectivity index (χ0) is 17.8. The van der Waals surface area contributed by atoms with Gasteiger partial charge in [-0.25, -0.2) is 0 Å². The van der Waals surface area contributed by atoms with Gasteiger partial charge in [0.2, 0.25) is 7.37 Å². The lowest BCUT2D eigenvalue weighted by atomic mass is 10.1. The molecule has 0 aromatic heterocycles. The normalized spacial score (nSPS) is 14.9. The van der Waals surface area contributed by atoms with Crippen molar-refractivity contribution < 1.29 is 29.2 Å². The van der Waals surface area contributed by atoms with Crippen molar-refractivity contribution in [3.8, 4) is 0 Å². The Morgan fingerprint density at radius 1 is 1.04 bits per heavy atom. The number of aliphatic hydroxyl groups excluding tert-OH is 2. The average molecular weight is 358 g/mol. The Morgan fingerprint density at radius 2 is 1.67 bits per heavy atom. The molecule has 2 unspecified atom stereocenters. The van der Waals surface area contributed by atoms with Gasteiger partial charge in [0.15, 0.2) is 0 Å². The number of carboxylic acids is 1. The standard InChI is InChI=1S/C17H27O6P/c18-11-5-4-10-16(14-17(20)21)24(22,23-13-7-6-12-19)15-8-2-1-3-9-15/h1-3,8-9,16,18-19H,4-7,10-14H2,(H,20,21). The third-order valence-electron chi connectivity index (χ3n) is 3.79. The first-order chi connectivity index (χ1) is 11.5. The number of aliphatic hydroxyl groups is 2. The Hall–Kier alpha value is -1.20. The Morgan fingerprint density at radius 3 is 2.25 bits per heavy atom. The number of unbranched alkanes of at least 4 members (excludes halogenated alkanes) is 2. The number of hydrogen-bond acceptors (Lipinski definition) is 5. The maximum atomic E-state index is 13.6. The molecule has 0 spiro atoms. The van der Waals surface area contributed by atoms with Crippen LogP contribution in [0, 0.1) is 0 Å². The molecular formula is C17H27O6P. The highest BCUT2D eigenvalue weighted by atomic mass is 31.2. The number of hydrogen-bond donors (Lipinski definition) is 3. The molecule has 3 N–H and O–H groups in total. The van der Waals surface area contributed by atoms with Crippen molar-refractivity contribution in [3.63, 3.8) is 0 Å². The van der Waals surface area contributed by atoms with Gasteiger partial charge in [0.05, 0.1) is 18.7 Å². The van der Waals surface area contributed by atoms with E-state index in [2.05, 4.69) is 0 Å². The van der Waals surface area contributed by atoms with E-state index in [9.17, 15) is 14.5 Å². The number of carbonyl (C=O) groups is 1. The summed E-state index contributed by atoms with van der Waals surface area (Å²) in [6.07, 6.45) is 2.41. The summed E-state index contributed by atoms with van der Waals surface area (Å²) >= 11 is 0. The molecule has 2 atom stereocenters. The Kier molecular flexibility index (Phi) is 9.88. The van der Waals surface area contributed by atoms with Crippen molar-refractivity contribution in [2.75, 3.05) is 19.8 Å². The first-order valence-corrected chi connectivity index (χ1v) is 9.97. The van der Waals surface area contributed by atoms with Gasteiger partial charge in [0.25, 0.3) is 0 Å². The monoisotopic (exact) mass is 358 g/mol. The fourth-order valence-electron chi connectivity index (χ4n) is 2.53. The quantitative estimate of drug-likeness (QED) is 0.369. The Bertz CT molecular complexity index is 519. The van der Waals surface area contributed by atoms with E-state index in [0.717, 1.165) is 0 Å². The molecule has 24 heavy (non-hydrogen) atoms. The molecule has 0 aliphatic rings. The van der Waals surface area contributed by atoms with Gasteiger partial charge in [-0.1, -0.05) is 24.6 Å². The third-order valence-corrected chi connectivity index (χ3v) is 6.77. The highest BCUT2D eigenvalue weighted by Gasteiger charge is 2.37. The number of rotatable bonds is 13. The van der Waals surface area contributed by atoms with Crippen LogP contribution in [0.1, 0.15) is 38.5 Å². The summed E-state index contributed by atoms with van der Waals surface area (Å²) in [7, 11) is -3.36. The smallest absolute Gasteiger partial charge is 0.304 e. The van der Waals surface area contributed by atoms with E-state index in [0.29, 0.717) is 37.4 Å². The summed E-state index contributed by atoms with van der Waals surface area (Å²) in [5.41, 5.74) is -0.627. The predicted molar refractivity (Wildman–Crippen MR) is 92.9 cm³/mol. The summed E-state index contributed by atoms with van der Waals surface area (Å²) in [4.78, 5) is 11.2. The SMILES string of the molecule is O=C(O)CC(CCCCO)P(=O)(OCCCCO)c1ccccc1. The van der Waals surface area contributed by atoms with Crippen LogP contribution in [0.3, 0.4) is 0 Å². The maximum absolute atomic E-state index is 13.6. The first kappa shape index (κ1) is 20.8. The van der Waals surface area contributed by atoms with Crippen LogP contribution < -0.4 is 5.30 Å². The van der Waals surface area contributed by atoms with Crippen LogP contribution in [0.15, 0.2) is 30.3 Å². The van der Waals surface area contributed by atoms with E-state index in [1.54, 1.807) is 30.3 Å². The molecule has 0 saturated carbocycles. The van der Waals surface area contributed by atoms with E-state index < -0.39 is 19.0 Å². The van der Waals surface area contributed by atoms with Crippen molar-refractivity contribution in [2.24, 2.45) is 0 Å². The number of aliphatic carboxylic acids is 1. The second-order valence-corrected chi connectivity index (χ2v) is 8.37. The summed E-state index contributed by atoms with van der Waals surface area (Å²) in [6.45, 7) is 0.268. The van der Waals surface area contributed by atoms with Crippen LogP contribution in [0.4, 0.5) is 0 Å². The fraction of sp³-hybridized carbons (Fsp3) is 0.588. The van der Waals surface area contributed by atoms with Crippen LogP contribution >= 0.6 is 7.37 Å². The summed E-state index contributed by atoms with van der Waals surface area (Å²) < 4.78 is 19.3. The molecule has 0 aliphatic carbocycles. The molecule has 1 aromatic rings. The third kappa shape index (κ3) is 6.73. The second-order valence-electron chi connectivity index (χ2n) is 5.67. The molecule has 6 nitrogen and oxygen atoms in total. The van der Waals surface area contributed by atoms with Crippen molar-refractivity contribution in [1.29, 1.82) is 0 Å². The fourth-order valence-corrected chi connectivity index (χ4v) is 5.21. The van der Waals surface area contributed by atoms with Crippen LogP contribution in [-0.2, 0) is 13.9 Å². The second kappa shape index (κ2) is 11.4. The molecule has 1 rings (SSSR count). The zero-order valence-corrected chi connectivity index (χ0v) is 14.7. The molecular weight excluding hydrogens is 331 g/mol. The zero-order valence-electron chi connectivity index (χ0n) is 13.8. The van der Waals surface area contributed by atoms with Crippen molar-refractivity contribution in [2.45, 2.75) is 44.2 Å². The summed E-state index contributed by atoms with van der Waals surface area (Å²) in [5, 5.41) is 27.5. The minimum absolute atomic E-state index is 0.0206. The molecule has 0 heterocycles. The van der Waals surface area contributed by atoms with Crippen molar-refractivity contribution in [3.05, 3.63) is 30.3 Å². The molecule has 7 heteroatoms. The lowest BCUT2D eigenvalue weighted by Gasteiger charge is -2.27. The van der Waals surface area contributed by atoms with E-state index in [1.807, 2.05) is 0 Å². The van der Waals surface area contributed by atoms with Gasteiger partial charge in [-0.3, -0.25) is 9.36 Å². The molecule has 0 saturated heterocycles. The Labute approximate surface area is 142 Å². The maximum Gasteiger partial charge on any atom is 0.304 e. The molecule has 0 radical (unpaired) electrons. The summed E-state index contributed by atoms with van der Waals surface area (Å²) in [6, 6.07) is 8.72. The van der Waals surface area contributed by atoms with Gasteiger partial charge >= 0.3 is 5.97 Å². The molecule has 0 fully saturated rings. The van der Waals surface area contributed by atoms with E-state index >= 15 is 0 Å². The topological polar surface area (TPSA) is 104 Å². The van der Waals surface area contributed by atoms with Gasteiger partial charge in [-0.2, -0.15) is 0 Å². The van der Waals surface area contributed by atoms with Crippen molar-refractivity contribution in [1.82, 2.24) is 0 Å². The predicted octanol–water partition coefficient (Wildman–Crippen LogP) is 2.39. The molecule has 0 amide bonds. The van der Waals surface area contributed by atoms with Crippen LogP contribution in [0.2, 0.25) is 0 Å². The van der Waals surface area contributed by atoms with E-state index in [-0.39, 0.29) is 26.2 Å². The highest BCUT2D eigenvalue weighted by Crippen LogP contribution is 2.54. The number of carboxylic acid groups (broad SMARTS) is 1. The molecule has 1 aromatic carbocycles. The van der Waals surface area contributed by atoms with Gasteiger partial charge in [-0.05, 0) is 37.8 Å². The van der Waals surface area contributed by atoms with Crippen molar-refractivity contribution >= 4 is 18.6 Å². The van der Waals surface area contributed by atoms with Gasteiger partial charge in [0.1, 0.15) is 0 Å². The molecule has 0 aliphatic heterocycles. The van der Waals surface area contributed by atoms with E-state index in [4.69, 9.17) is 14.7 Å².